The van der Waals surface area contributed by atoms with Crippen molar-refractivity contribution < 1.29 is 4.79 Å². The quantitative estimate of drug-likeness (QED) is 0.643. The summed E-state index contributed by atoms with van der Waals surface area (Å²) in [4.78, 5) is 11.7. The van der Waals surface area contributed by atoms with Crippen LogP contribution in [-0.2, 0) is 6.42 Å². The van der Waals surface area contributed by atoms with E-state index in [1.807, 2.05) is 47.2 Å². The van der Waals surface area contributed by atoms with Crippen molar-refractivity contribution >= 4 is 5.78 Å². The highest BCUT2D eigenvalue weighted by atomic mass is 16.1. The standard InChI is InChI=1S/C16H13NO/c18-16-8-4-7-15-14(16)10-12-17(15)11-9-13-5-2-1-3-6-13/h1-3,5-6,10,12H,4,7-8H2. The second-order valence-electron chi connectivity index (χ2n) is 4.43. The molecule has 0 spiro atoms. The maximum Gasteiger partial charge on any atom is 0.164 e. The summed E-state index contributed by atoms with van der Waals surface area (Å²) in [7, 11) is 0. The first-order chi connectivity index (χ1) is 8.84. The highest BCUT2D eigenvalue weighted by Crippen LogP contribution is 2.21. The molecule has 0 unspecified atom stereocenters. The van der Waals surface area contributed by atoms with Crippen molar-refractivity contribution in [3.8, 4) is 12.0 Å². The summed E-state index contributed by atoms with van der Waals surface area (Å²) in [5.74, 6) is 3.36. The summed E-state index contributed by atoms with van der Waals surface area (Å²) < 4.78 is 1.89. The van der Waals surface area contributed by atoms with E-state index in [0.717, 1.165) is 29.7 Å². The molecule has 1 aliphatic carbocycles. The third-order valence-electron chi connectivity index (χ3n) is 3.20. The zero-order valence-electron chi connectivity index (χ0n) is 10.0. The SMILES string of the molecule is O=C1CCCc2c1ccn2C#Cc1ccccc1. The number of rotatable bonds is 0. The molecule has 0 bridgehead atoms. The number of nitrogens with zero attached hydrogens (tertiary/aromatic N) is 1. The van der Waals surface area contributed by atoms with Gasteiger partial charge in [0.25, 0.3) is 0 Å². The van der Waals surface area contributed by atoms with Gasteiger partial charge in [-0.2, -0.15) is 0 Å². The van der Waals surface area contributed by atoms with E-state index in [4.69, 9.17) is 0 Å². The summed E-state index contributed by atoms with van der Waals surface area (Å²) in [6.45, 7) is 0. The van der Waals surface area contributed by atoms with Gasteiger partial charge in [0, 0.05) is 35.5 Å². The summed E-state index contributed by atoms with van der Waals surface area (Å²) >= 11 is 0. The number of aromatic nitrogens is 1. The lowest BCUT2D eigenvalue weighted by Crippen LogP contribution is -2.11. The Kier molecular flexibility index (Phi) is 2.74. The molecule has 0 radical (unpaired) electrons. The number of hydrogen-bond donors (Lipinski definition) is 0. The molecule has 0 fully saturated rings. The molecule has 2 aromatic rings. The average molecular weight is 235 g/mol. The lowest BCUT2D eigenvalue weighted by atomic mass is 9.97. The van der Waals surface area contributed by atoms with Crippen molar-refractivity contribution in [2.45, 2.75) is 19.3 Å². The van der Waals surface area contributed by atoms with E-state index in [9.17, 15) is 4.79 Å². The zero-order valence-corrected chi connectivity index (χ0v) is 10.0. The normalized spacial score (nSPS) is 13.7. The third kappa shape index (κ3) is 1.96. The molecular formula is C16H13NO. The van der Waals surface area contributed by atoms with E-state index >= 15 is 0 Å². The monoisotopic (exact) mass is 235 g/mol. The molecule has 0 atom stereocenters. The van der Waals surface area contributed by atoms with Gasteiger partial charge in [0.05, 0.1) is 0 Å². The molecular weight excluding hydrogens is 222 g/mol. The molecule has 3 rings (SSSR count). The van der Waals surface area contributed by atoms with Crippen LogP contribution in [0.1, 0.15) is 34.5 Å². The fourth-order valence-corrected chi connectivity index (χ4v) is 2.28. The summed E-state index contributed by atoms with van der Waals surface area (Å²) in [6.07, 6.45) is 4.44. The van der Waals surface area contributed by atoms with Crippen LogP contribution in [0.5, 0.6) is 0 Å². The van der Waals surface area contributed by atoms with E-state index in [1.54, 1.807) is 0 Å². The second kappa shape index (κ2) is 4.54. The third-order valence-corrected chi connectivity index (χ3v) is 3.20. The van der Waals surface area contributed by atoms with Gasteiger partial charge >= 0.3 is 0 Å². The minimum Gasteiger partial charge on any atom is -0.294 e. The van der Waals surface area contributed by atoms with Gasteiger partial charge in [0.15, 0.2) is 5.78 Å². The lowest BCUT2D eigenvalue weighted by molar-refractivity contribution is 0.0972. The molecule has 1 aromatic carbocycles. The fraction of sp³-hybridized carbons (Fsp3) is 0.188. The predicted molar refractivity (Wildman–Crippen MR) is 70.4 cm³/mol. The number of fused-ring (bicyclic) bond motifs is 1. The Morgan fingerprint density at radius 1 is 1.06 bits per heavy atom. The van der Waals surface area contributed by atoms with Gasteiger partial charge in [-0.25, -0.2) is 0 Å². The van der Waals surface area contributed by atoms with E-state index in [-0.39, 0.29) is 5.78 Å². The average Bonchev–Trinajstić information content (AvgIpc) is 2.82. The van der Waals surface area contributed by atoms with Crippen molar-refractivity contribution in [1.82, 2.24) is 4.57 Å². The minimum atomic E-state index is 0.247. The van der Waals surface area contributed by atoms with Crippen LogP contribution in [-0.4, -0.2) is 10.4 Å². The summed E-state index contributed by atoms with van der Waals surface area (Å²) in [6, 6.07) is 14.9. The molecule has 1 aromatic heterocycles. The topological polar surface area (TPSA) is 22.0 Å². The van der Waals surface area contributed by atoms with E-state index < -0.39 is 0 Å². The van der Waals surface area contributed by atoms with Crippen molar-refractivity contribution in [3.63, 3.8) is 0 Å². The van der Waals surface area contributed by atoms with Crippen molar-refractivity contribution in [2.75, 3.05) is 0 Å². The molecule has 0 saturated carbocycles. The van der Waals surface area contributed by atoms with Gasteiger partial charge in [-0.3, -0.25) is 9.36 Å². The molecule has 0 N–H and O–H groups in total. The number of benzene rings is 1. The molecule has 1 heterocycles. The Balaban J connectivity index is 1.96. The second-order valence-corrected chi connectivity index (χ2v) is 4.43. The number of carbonyl (C=O) groups is 1. The van der Waals surface area contributed by atoms with Gasteiger partial charge in [-0.1, -0.05) is 18.2 Å². The molecule has 0 saturated heterocycles. The Labute approximate surface area is 106 Å². The maximum atomic E-state index is 11.7. The number of Topliss-reactive ketones (excluding diaryl/α,β-unsaturated/α-hetero) is 1. The zero-order chi connectivity index (χ0) is 12.4. The predicted octanol–water partition coefficient (Wildman–Crippen LogP) is 2.86. The van der Waals surface area contributed by atoms with Crippen LogP contribution in [0.25, 0.3) is 0 Å². The molecule has 0 aliphatic heterocycles. The molecule has 18 heavy (non-hydrogen) atoms. The van der Waals surface area contributed by atoms with Crippen LogP contribution < -0.4 is 0 Å². The maximum absolute atomic E-state index is 11.7. The fourth-order valence-electron chi connectivity index (χ4n) is 2.28. The summed E-state index contributed by atoms with van der Waals surface area (Å²) in [5.41, 5.74) is 2.90. The molecule has 0 amide bonds. The Bertz CT molecular complexity index is 641. The van der Waals surface area contributed by atoms with Crippen LogP contribution in [0.15, 0.2) is 42.6 Å². The molecule has 2 nitrogen and oxygen atoms in total. The first-order valence-corrected chi connectivity index (χ1v) is 6.15. The van der Waals surface area contributed by atoms with Crippen LogP contribution >= 0.6 is 0 Å². The Morgan fingerprint density at radius 3 is 2.72 bits per heavy atom. The van der Waals surface area contributed by atoms with E-state index in [1.165, 1.54) is 0 Å². The molecule has 2 heteroatoms. The first-order valence-electron chi connectivity index (χ1n) is 6.15. The summed E-state index contributed by atoms with van der Waals surface area (Å²) in [5, 5.41) is 0. The highest BCUT2D eigenvalue weighted by molar-refractivity contribution is 5.98. The Hall–Kier alpha value is -2.27. The van der Waals surface area contributed by atoms with Gasteiger partial charge in [0.2, 0.25) is 0 Å². The van der Waals surface area contributed by atoms with Crippen LogP contribution in [0.2, 0.25) is 0 Å². The van der Waals surface area contributed by atoms with E-state index in [2.05, 4.69) is 12.0 Å². The Morgan fingerprint density at radius 2 is 1.89 bits per heavy atom. The van der Waals surface area contributed by atoms with Crippen molar-refractivity contribution in [2.24, 2.45) is 0 Å². The smallest absolute Gasteiger partial charge is 0.164 e. The van der Waals surface area contributed by atoms with Gasteiger partial charge < -0.3 is 0 Å². The lowest BCUT2D eigenvalue weighted by Gasteiger charge is -2.11. The van der Waals surface area contributed by atoms with Gasteiger partial charge in [0.1, 0.15) is 0 Å². The molecule has 88 valence electrons. The van der Waals surface area contributed by atoms with Crippen LogP contribution in [0.4, 0.5) is 0 Å². The minimum absolute atomic E-state index is 0.247. The molecule has 1 aliphatic rings. The number of hydrogen-bond acceptors (Lipinski definition) is 1. The largest absolute Gasteiger partial charge is 0.294 e. The van der Waals surface area contributed by atoms with Gasteiger partial charge in [-0.15, -0.1) is 0 Å². The van der Waals surface area contributed by atoms with Crippen LogP contribution in [0.3, 0.4) is 0 Å². The van der Waals surface area contributed by atoms with E-state index in [0.29, 0.717) is 6.42 Å². The van der Waals surface area contributed by atoms with Crippen LogP contribution in [0, 0.1) is 12.0 Å². The van der Waals surface area contributed by atoms with Crippen molar-refractivity contribution in [3.05, 3.63) is 59.4 Å². The number of carbonyl (C=O) groups excluding carboxylic acids is 1. The highest BCUT2D eigenvalue weighted by Gasteiger charge is 2.19. The van der Waals surface area contributed by atoms with Gasteiger partial charge in [-0.05, 0) is 37.0 Å². The first kappa shape index (κ1) is 10.9. The van der Waals surface area contributed by atoms with Crippen molar-refractivity contribution in [1.29, 1.82) is 0 Å². The number of ketones is 1.